The molecule has 4 heteroatoms. The number of halogens is 1. The topological polar surface area (TPSA) is 40.5 Å². The second kappa shape index (κ2) is 3.75. The quantitative estimate of drug-likeness (QED) is 0.710. The number of nitrogens with zero attached hydrogens (tertiary/aromatic N) is 1. The summed E-state index contributed by atoms with van der Waals surface area (Å²) in [6.45, 7) is 5.92. The van der Waals surface area contributed by atoms with Crippen LogP contribution in [0.25, 0.3) is 0 Å². The fourth-order valence-electron chi connectivity index (χ4n) is 2.41. The van der Waals surface area contributed by atoms with Crippen LogP contribution in [-0.2, 0) is 0 Å². The summed E-state index contributed by atoms with van der Waals surface area (Å²) in [5.74, 6) is -0.133. The number of hydrogen-bond acceptors (Lipinski definition) is 1. The molecule has 3 nitrogen and oxygen atoms in total. The van der Waals surface area contributed by atoms with E-state index in [2.05, 4.69) is 0 Å². The van der Waals surface area contributed by atoms with E-state index in [0.717, 1.165) is 0 Å². The molecule has 1 fully saturated rings. The van der Waals surface area contributed by atoms with E-state index in [0.29, 0.717) is 13.0 Å². The van der Waals surface area contributed by atoms with E-state index in [1.54, 1.807) is 0 Å². The fraction of sp³-hybridized carbons (Fsp3) is 0.900. The highest BCUT2D eigenvalue weighted by atomic mass is 19.1. The monoisotopic (exact) mass is 203 g/mol. The van der Waals surface area contributed by atoms with Crippen LogP contribution in [0.5, 0.6) is 0 Å². The van der Waals surface area contributed by atoms with Gasteiger partial charge in [-0.05, 0) is 11.8 Å². The van der Waals surface area contributed by atoms with E-state index in [1.165, 1.54) is 4.90 Å². The van der Waals surface area contributed by atoms with Gasteiger partial charge in [0.1, 0.15) is 0 Å². The van der Waals surface area contributed by atoms with Crippen LogP contribution in [0.1, 0.15) is 27.2 Å². The Bertz CT molecular complexity index is 225. The third kappa shape index (κ3) is 1.99. The lowest BCUT2D eigenvalue weighted by atomic mass is 9.80. The van der Waals surface area contributed by atoms with Gasteiger partial charge in [0, 0.05) is 18.5 Å². The van der Waals surface area contributed by atoms with Crippen LogP contribution in [-0.4, -0.2) is 35.4 Å². The summed E-state index contributed by atoms with van der Waals surface area (Å²) in [6.07, 6.45) is -0.286. The molecule has 1 unspecified atom stereocenters. The number of alkyl halides is 1. The second-order valence-electron chi connectivity index (χ2n) is 4.99. The summed E-state index contributed by atoms with van der Waals surface area (Å²) in [6, 6.07) is -0.190. The molecule has 0 radical (unpaired) electrons. The summed E-state index contributed by atoms with van der Waals surface area (Å²) >= 11 is 0. The molecular weight excluding hydrogens is 185 g/mol. The smallest absolute Gasteiger partial charge is 0.407 e. The highest BCUT2D eigenvalue weighted by Crippen LogP contribution is 2.37. The number of rotatable bonds is 1. The van der Waals surface area contributed by atoms with Gasteiger partial charge in [-0.2, -0.15) is 0 Å². The molecule has 0 spiro atoms. The predicted molar refractivity (Wildman–Crippen MR) is 52.1 cm³/mol. The van der Waals surface area contributed by atoms with Gasteiger partial charge in [-0.25, -0.2) is 4.79 Å². The maximum absolute atomic E-state index is 12.7. The van der Waals surface area contributed by atoms with Crippen molar-refractivity contribution in [2.45, 2.75) is 33.2 Å². The molecule has 0 bridgehead atoms. The van der Waals surface area contributed by atoms with Gasteiger partial charge in [0.15, 0.2) is 0 Å². The molecule has 14 heavy (non-hydrogen) atoms. The van der Waals surface area contributed by atoms with Crippen molar-refractivity contribution in [2.24, 2.45) is 11.3 Å². The molecule has 0 aliphatic carbocycles. The molecule has 1 N–H and O–H groups in total. The molecule has 0 aromatic rings. The Kier molecular flexibility index (Phi) is 3.02. The van der Waals surface area contributed by atoms with E-state index in [1.807, 2.05) is 20.8 Å². The zero-order valence-electron chi connectivity index (χ0n) is 8.96. The van der Waals surface area contributed by atoms with Gasteiger partial charge in [-0.15, -0.1) is 0 Å². The summed E-state index contributed by atoms with van der Waals surface area (Å²) in [5.41, 5.74) is -0.189. The molecule has 0 aromatic carbocycles. The molecule has 1 heterocycles. The summed E-state index contributed by atoms with van der Waals surface area (Å²) in [5, 5.41) is 8.96. The third-order valence-corrected chi connectivity index (χ3v) is 2.85. The van der Waals surface area contributed by atoms with Crippen molar-refractivity contribution in [1.29, 1.82) is 0 Å². The Morgan fingerprint density at radius 1 is 1.57 bits per heavy atom. The normalized spacial score (nSPS) is 28.1. The maximum atomic E-state index is 12.7. The van der Waals surface area contributed by atoms with Crippen LogP contribution < -0.4 is 0 Å². The molecule has 1 aliphatic heterocycles. The Morgan fingerprint density at radius 3 is 2.50 bits per heavy atom. The lowest BCUT2D eigenvalue weighted by molar-refractivity contribution is 0.0856. The number of amides is 1. The lowest BCUT2D eigenvalue weighted by Crippen LogP contribution is -2.45. The first kappa shape index (κ1) is 11.3. The van der Waals surface area contributed by atoms with Crippen molar-refractivity contribution < 1.29 is 14.3 Å². The number of carbonyl (C=O) groups is 1. The predicted octanol–water partition coefficient (Wildman–Crippen LogP) is 2.37. The van der Waals surface area contributed by atoms with Gasteiger partial charge in [-0.3, -0.25) is 4.39 Å². The number of carboxylic acid groups (broad SMARTS) is 1. The minimum Gasteiger partial charge on any atom is -0.465 e. The van der Waals surface area contributed by atoms with E-state index >= 15 is 0 Å². The molecule has 0 saturated carbocycles. The Hall–Kier alpha value is -0.800. The van der Waals surface area contributed by atoms with Crippen molar-refractivity contribution in [1.82, 2.24) is 4.90 Å². The molecule has 1 amide bonds. The van der Waals surface area contributed by atoms with Crippen molar-refractivity contribution in [2.75, 3.05) is 13.2 Å². The van der Waals surface area contributed by atoms with E-state index in [9.17, 15) is 9.18 Å². The standard InChI is InChI=1S/C10H18FNO2/c1-10(2,3)8-7(6-11)4-5-12(8)9(13)14/h7-8H,4-6H2,1-3H3,(H,13,14)/t7?,8-/m1/s1. The van der Waals surface area contributed by atoms with Crippen LogP contribution in [0.4, 0.5) is 9.18 Å². The summed E-state index contributed by atoms with van der Waals surface area (Å²) in [7, 11) is 0. The Labute approximate surface area is 83.9 Å². The van der Waals surface area contributed by atoms with Crippen LogP contribution in [0.2, 0.25) is 0 Å². The zero-order valence-corrected chi connectivity index (χ0v) is 8.96. The highest BCUT2D eigenvalue weighted by Gasteiger charge is 2.43. The van der Waals surface area contributed by atoms with Gasteiger partial charge >= 0.3 is 6.09 Å². The van der Waals surface area contributed by atoms with Gasteiger partial charge in [-0.1, -0.05) is 20.8 Å². The van der Waals surface area contributed by atoms with Crippen LogP contribution in [0.15, 0.2) is 0 Å². The van der Waals surface area contributed by atoms with Crippen molar-refractivity contribution in [3.63, 3.8) is 0 Å². The molecule has 1 aliphatic rings. The Balaban J connectivity index is 2.86. The van der Waals surface area contributed by atoms with Gasteiger partial charge in [0.25, 0.3) is 0 Å². The third-order valence-electron chi connectivity index (χ3n) is 2.85. The number of likely N-dealkylation sites (tertiary alicyclic amines) is 1. The van der Waals surface area contributed by atoms with Gasteiger partial charge < -0.3 is 10.0 Å². The van der Waals surface area contributed by atoms with E-state index in [4.69, 9.17) is 5.11 Å². The SMILES string of the molecule is CC(C)(C)[C@H]1C(CF)CCN1C(=O)O. The van der Waals surface area contributed by atoms with Crippen molar-refractivity contribution in [3.8, 4) is 0 Å². The maximum Gasteiger partial charge on any atom is 0.407 e. The van der Waals surface area contributed by atoms with Crippen molar-refractivity contribution in [3.05, 3.63) is 0 Å². The summed E-state index contributed by atoms with van der Waals surface area (Å²) in [4.78, 5) is 12.3. The highest BCUT2D eigenvalue weighted by molar-refractivity contribution is 5.66. The molecule has 2 atom stereocenters. The molecule has 1 saturated heterocycles. The van der Waals surface area contributed by atoms with E-state index < -0.39 is 12.8 Å². The average molecular weight is 203 g/mol. The molecular formula is C10H18FNO2. The molecule has 0 aromatic heterocycles. The van der Waals surface area contributed by atoms with Crippen LogP contribution >= 0.6 is 0 Å². The van der Waals surface area contributed by atoms with E-state index in [-0.39, 0.29) is 17.4 Å². The zero-order chi connectivity index (χ0) is 10.9. The second-order valence-corrected chi connectivity index (χ2v) is 4.99. The van der Waals surface area contributed by atoms with Gasteiger partial charge in [0.2, 0.25) is 0 Å². The van der Waals surface area contributed by atoms with Crippen LogP contribution in [0.3, 0.4) is 0 Å². The van der Waals surface area contributed by atoms with Crippen molar-refractivity contribution >= 4 is 6.09 Å². The molecule has 1 rings (SSSR count). The fourth-order valence-corrected chi connectivity index (χ4v) is 2.41. The molecule has 82 valence electrons. The lowest BCUT2D eigenvalue weighted by Gasteiger charge is -2.36. The number of hydrogen-bond donors (Lipinski definition) is 1. The minimum absolute atomic E-state index is 0.133. The summed E-state index contributed by atoms with van der Waals surface area (Å²) < 4.78 is 12.7. The first-order chi connectivity index (χ1) is 6.38. The Morgan fingerprint density at radius 2 is 2.14 bits per heavy atom. The largest absolute Gasteiger partial charge is 0.465 e. The first-order valence-electron chi connectivity index (χ1n) is 4.93. The minimum atomic E-state index is -0.930. The van der Waals surface area contributed by atoms with Crippen LogP contribution in [0, 0.1) is 11.3 Å². The average Bonchev–Trinajstić information content (AvgIpc) is 2.45. The van der Waals surface area contributed by atoms with Gasteiger partial charge in [0.05, 0.1) is 6.67 Å². The first-order valence-corrected chi connectivity index (χ1v) is 4.93.